The Morgan fingerprint density at radius 3 is 2.81 bits per heavy atom. The van der Waals surface area contributed by atoms with Gasteiger partial charge in [0.2, 0.25) is 0 Å². The van der Waals surface area contributed by atoms with Crippen LogP contribution in [0.1, 0.15) is 12.6 Å². The first-order chi connectivity index (χ1) is 9.90. The maximum absolute atomic E-state index is 12.0. The van der Waals surface area contributed by atoms with Gasteiger partial charge in [-0.2, -0.15) is 0 Å². The first-order valence-corrected chi connectivity index (χ1v) is 7.51. The lowest BCUT2D eigenvalue weighted by Gasteiger charge is -2.01. The summed E-state index contributed by atoms with van der Waals surface area (Å²) in [6.45, 7) is 2.06. The molecule has 0 amide bonds. The predicted molar refractivity (Wildman–Crippen MR) is 69.6 cm³/mol. The number of carbonyl (C=O) groups is 1. The molecule has 10 nitrogen and oxygen atoms in total. The van der Waals surface area contributed by atoms with Gasteiger partial charge in [-0.25, -0.2) is 22.8 Å². The lowest BCUT2D eigenvalue weighted by atomic mass is 10.5. The summed E-state index contributed by atoms with van der Waals surface area (Å²) in [5.41, 5.74) is 0.315. The molecular weight excluding hydrogens is 300 g/mol. The Morgan fingerprint density at radius 1 is 1.43 bits per heavy atom. The van der Waals surface area contributed by atoms with Crippen molar-refractivity contribution in [2.75, 3.05) is 0 Å². The number of sulfonamides is 1. The zero-order valence-corrected chi connectivity index (χ0v) is 12.0. The Kier molecular flexibility index (Phi) is 4.33. The molecule has 114 valence electrons. The standard InChI is InChI=1S/C10H14N6O4S/c1-2-15-5-9(11-7-15)21(19,20)12-3-8-4-16(14-13-8)6-10(17)18/h4-5,7,12H,2-3,6H2,1H3,(H,17,18). The molecule has 0 saturated heterocycles. The molecule has 2 N–H and O–H groups in total. The highest BCUT2D eigenvalue weighted by Gasteiger charge is 2.17. The van der Waals surface area contributed by atoms with Crippen molar-refractivity contribution in [2.24, 2.45) is 0 Å². The number of nitrogens with one attached hydrogen (secondary N) is 1. The summed E-state index contributed by atoms with van der Waals surface area (Å²) in [6.07, 6.45) is 4.21. The zero-order valence-electron chi connectivity index (χ0n) is 11.2. The van der Waals surface area contributed by atoms with Crippen LogP contribution in [0.2, 0.25) is 0 Å². The van der Waals surface area contributed by atoms with Crippen LogP contribution in [0.4, 0.5) is 0 Å². The lowest BCUT2D eigenvalue weighted by molar-refractivity contribution is -0.137. The number of rotatable bonds is 7. The van der Waals surface area contributed by atoms with Crippen molar-refractivity contribution in [1.29, 1.82) is 0 Å². The third-order valence-electron chi connectivity index (χ3n) is 2.58. The van der Waals surface area contributed by atoms with Crippen molar-refractivity contribution in [3.05, 3.63) is 24.4 Å². The first-order valence-electron chi connectivity index (χ1n) is 6.03. The number of aliphatic carboxylic acids is 1. The van der Waals surface area contributed by atoms with Crippen molar-refractivity contribution >= 4 is 16.0 Å². The second-order valence-corrected chi connectivity index (χ2v) is 5.88. The van der Waals surface area contributed by atoms with Gasteiger partial charge in [-0.3, -0.25) is 4.79 Å². The van der Waals surface area contributed by atoms with Crippen LogP contribution >= 0.6 is 0 Å². The second-order valence-electron chi connectivity index (χ2n) is 4.17. The van der Waals surface area contributed by atoms with Gasteiger partial charge in [0.25, 0.3) is 10.0 Å². The fourth-order valence-electron chi connectivity index (χ4n) is 1.53. The van der Waals surface area contributed by atoms with Gasteiger partial charge < -0.3 is 9.67 Å². The highest BCUT2D eigenvalue weighted by molar-refractivity contribution is 7.89. The van der Waals surface area contributed by atoms with Crippen LogP contribution in [0.5, 0.6) is 0 Å². The third-order valence-corrected chi connectivity index (χ3v) is 3.86. The Hall–Kier alpha value is -2.27. The Morgan fingerprint density at radius 2 is 2.19 bits per heavy atom. The van der Waals surface area contributed by atoms with E-state index in [1.165, 1.54) is 18.7 Å². The van der Waals surface area contributed by atoms with Gasteiger partial charge in [0.05, 0.1) is 24.8 Å². The summed E-state index contributed by atoms with van der Waals surface area (Å²) in [4.78, 5) is 14.3. The molecule has 0 bridgehead atoms. The zero-order chi connectivity index (χ0) is 15.5. The summed E-state index contributed by atoms with van der Waals surface area (Å²) in [5, 5.41) is 15.8. The maximum Gasteiger partial charge on any atom is 0.325 e. The predicted octanol–water partition coefficient (Wildman–Crippen LogP) is -0.942. The van der Waals surface area contributed by atoms with Gasteiger partial charge >= 0.3 is 5.97 Å². The van der Waals surface area contributed by atoms with Crippen molar-refractivity contribution in [1.82, 2.24) is 29.3 Å². The summed E-state index contributed by atoms with van der Waals surface area (Å²) >= 11 is 0. The molecule has 0 aliphatic carbocycles. The minimum Gasteiger partial charge on any atom is -0.480 e. The van der Waals surface area contributed by atoms with E-state index < -0.39 is 16.0 Å². The topological polar surface area (TPSA) is 132 Å². The quantitative estimate of drug-likeness (QED) is 0.673. The van der Waals surface area contributed by atoms with Crippen molar-refractivity contribution in [2.45, 2.75) is 31.6 Å². The highest BCUT2D eigenvalue weighted by atomic mass is 32.2. The van der Waals surface area contributed by atoms with Crippen LogP contribution in [0.25, 0.3) is 0 Å². The van der Waals surface area contributed by atoms with E-state index in [1.54, 1.807) is 4.57 Å². The fourth-order valence-corrected chi connectivity index (χ4v) is 2.48. The van der Waals surface area contributed by atoms with Crippen LogP contribution < -0.4 is 4.72 Å². The van der Waals surface area contributed by atoms with E-state index in [4.69, 9.17) is 5.11 Å². The number of aromatic nitrogens is 5. The molecule has 2 aromatic heterocycles. The molecule has 0 saturated carbocycles. The Labute approximate surface area is 120 Å². The van der Waals surface area contributed by atoms with Gasteiger partial charge in [0.1, 0.15) is 6.54 Å². The molecular formula is C10H14N6O4S. The average Bonchev–Trinajstić information content (AvgIpc) is 3.04. The van der Waals surface area contributed by atoms with Crippen LogP contribution in [0, 0.1) is 0 Å². The Bertz CT molecular complexity index is 734. The third kappa shape index (κ3) is 3.86. The number of hydrogen-bond donors (Lipinski definition) is 2. The van der Waals surface area contributed by atoms with Gasteiger partial charge in [-0.15, -0.1) is 5.10 Å². The molecule has 0 radical (unpaired) electrons. The van der Waals surface area contributed by atoms with E-state index in [2.05, 4.69) is 20.0 Å². The van der Waals surface area contributed by atoms with Gasteiger partial charge in [0, 0.05) is 12.7 Å². The molecule has 0 fully saturated rings. The molecule has 0 spiro atoms. The van der Waals surface area contributed by atoms with Crippen molar-refractivity contribution < 1.29 is 18.3 Å². The van der Waals surface area contributed by atoms with E-state index in [1.807, 2.05) is 6.92 Å². The molecule has 2 aromatic rings. The van der Waals surface area contributed by atoms with E-state index in [0.717, 1.165) is 4.68 Å². The normalized spacial score (nSPS) is 11.7. The van der Waals surface area contributed by atoms with E-state index in [0.29, 0.717) is 12.2 Å². The van der Waals surface area contributed by atoms with Crippen LogP contribution in [-0.4, -0.2) is 44.0 Å². The number of nitrogens with zero attached hydrogens (tertiary/aromatic N) is 5. The maximum atomic E-state index is 12.0. The number of carboxylic acid groups (broad SMARTS) is 1. The van der Waals surface area contributed by atoms with E-state index in [-0.39, 0.29) is 18.1 Å². The SMILES string of the molecule is CCn1cnc(S(=O)(=O)NCc2cn(CC(=O)O)nn2)c1. The second kappa shape index (κ2) is 6.01. The largest absolute Gasteiger partial charge is 0.480 e. The first kappa shape index (κ1) is 15.1. The molecule has 11 heteroatoms. The van der Waals surface area contributed by atoms with Gasteiger partial charge in [0.15, 0.2) is 5.03 Å². The summed E-state index contributed by atoms with van der Waals surface area (Å²) < 4.78 is 29.0. The summed E-state index contributed by atoms with van der Waals surface area (Å²) in [5.74, 6) is -1.06. The highest BCUT2D eigenvalue weighted by Crippen LogP contribution is 2.06. The average molecular weight is 314 g/mol. The lowest BCUT2D eigenvalue weighted by Crippen LogP contribution is -2.23. The van der Waals surface area contributed by atoms with E-state index in [9.17, 15) is 13.2 Å². The molecule has 21 heavy (non-hydrogen) atoms. The Balaban J connectivity index is 2.01. The summed E-state index contributed by atoms with van der Waals surface area (Å²) in [7, 11) is -3.74. The number of imidazole rings is 1. The van der Waals surface area contributed by atoms with Crippen LogP contribution in [0.3, 0.4) is 0 Å². The number of aryl methyl sites for hydroxylation is 1. The van der Waals surface area contributed by atoms with Gasteiger partial charge in [-0.05, 0) is 6.92 Å². The van der Waals surface area contributed by atoms with Crippen LogP contribution in [0.15, 0.2) is 23.7 Å². The van der Waals surface area contributed by atoms with Crippen molar-refractivity contribution in [3.63, 3.8) is 0 Å². The molecule has 0 aliphatic heterocycles. The van der Waals surface area contributed by atoms with Crippen molar-refractivity contribution in [3.8, 4) is 0 Å². The number of carboxylic acids is 1. The molecule has 0 atom stereocenters. The minimum atomic E-state index is -3.74. The summed E-state index contributed by atoms with van der Waals surface area (Å²) in [6, 6.07) is 0. The minimum absolute atomic E-state index is 0.0812. The smallest absolute Gasteiger partial charge is 0.325 e. The van der Waals surface area contributed by atoms with Crippen LogP contribution in [-0.2, 0) is 34.5 Å². The number of hydrogen-bond acceptors (Lipinski definition) is 6. The molecule has 0 aliphatic rings. The fraction of sp³-hybridized carbons (Fsp3) is 0.400. The molecule has 2 rings (SSSR count). The van der Waals surface area contributed by atoms with E-state index >= 15 is 0 Å². The molecule has 0 aromatic carbocycles. The monoisotopic (exact) mass is 314 g/mol. The molecule has 2 heterocycles. The molecule has 0 unspecified atom stereocenters. The van der Waals surface area contributed by atoms with Gasteiger partial charge in [-0.1, -0.05) is 5.21 Å².